The van der Waals surface area contributed by atoms with Crippen LogP contribution in [-0.2, 0) is 20.2 Å². The maximum Gasteiger partial charge on any atom is 0.389 e. The quantitative estimate of drug-likeness (QED) is 0.0334. The second-order valence-electron chi connectivity index (χ2n) is 14.4. The molecule has 0 saturated carbocycles. The Morgan fingerprint density at radius 2 is 0.649 bits per heavy atom. The Kier molecular flexibility index (Phi) is 36.1. The van der Waals surface area contributed by atoms with Crippen LogP contribution in [0.2, 0.25) is 0 Å². The third-order valence-electron chi connectivity index (χ3n) is 10.9. The van der Waals surface area contributed by atoms with Crippen molar-refractivity contribution in [1.29, 1.82) is 0 Å². The summed E-state index contributed by atoms with van der Waals surface area (Å²) in [6.45, 7) is 28.4. The van der Waals surface area contributed by atoms with Crippen molar-refractivity contribution in [2.45, 2.75) is 194 Å². The minimum Gasteiger partial charge on any atom is -0.746 e. The van der Waals surface area contributed by atoms with Crippen LogP contribution < -0.4 is 0 Å². The third kappa shape index (κ3) is 36.7. The Labute approximate surface area is 340 Å². The number of nitrogens with zero attached hydrogens (tertiary/aromatic N) is 2. The highest BCUT2D eigenvalue weighted by atomic mass is 32.2. The number of unbranched alkanes of at least 4 members (excludes halogenated alkanes) is 12. The molecule has 0 aliphatic carbocycles. The first-order chi connectivity index (χ1) is 26.1. The average Bonchev–Trinajstić information content (AvgIpc) is 3.11. The molecule has 0 saturated heterocycles. The van der Waals surface area contributed by atoms with Gasteiger partial charge in [0.05, 0.1) is 52.4 Å². The molecule has 8 nitrogen and oxygen atoms in total. The Hall–Kier alpha value is -0.890. The highest BCUT2D eigenvalue weighted by molar-refractivity contribution is 7.86. The van der Waals surface area contributed by atoms with Crippen molar-refractivity contribution >= 4 is 20.2 Å². The van der Waals surface area contributed by atoms with Crippen LogP contribution >= 0.6 is 0 Å². The van der Waals surface area contributed by atoms with Gasteiger partial charge in [0, 0.05) is 19.3 Å². The lowest BCUT2D eigenvalue weighted by atomic mass is 10.1. The maximum absolute atomic E-state index is 12.7. The minimum absolute atomic E-state index is 0.00536. The monoisotopic (exact) mass is 893 g/mol. The number of alkyl halides is 9. The van der Waals surface area contributed by atoms with Gasteiger partial charge in [0.2, 0.25) is 0 Å². The first kappa shape index (κ1) is 62.8. The summed E-state index contributed by atoms with van der Waals surface area (Å²) in [6.07, 6.45) is -5.04. The molecule has 0 rings (SSSR count). The average molecular weight is 893 g/mol. The van der Waals surface area contributed by atoms with E-state index >= 15 is 0 Å². The summed E-state index contributed by atoms with van der Waals surface area (Å²) in [4.78, 5) is 0. The van der Waals surface area contributed by atoms with Gasteiger partial charge in [0.1, 0.15) is 10.1 Å². The van der Waals surface area contributed by atoms with E-state index in [1.165, 1.54) is 61.3 Å². The molecule has 19 heteroatoms. The van der Waals surface area contributed by atoms with Crippen LogP contribution in [0.5, 0.6) is 0 Å². The Morgan fingerprint density at radius 3 is 0.842 bits per heavy atom. The van der Waals surface area contributed by atoms with Gasteiger partial charge in [-0.2, -0.15) is 35.1 Å². The molecule has 0 N–H and O–H groups in total. The lowest BCUT2D eigenvalue weighted by molar-refractivity contribution is -0.921. The number of rotatable bonds is 28. The molecule has 0 aliphatic rings. The van der Waals surface area contributed by atoms with Crippen LogP contribution in [0.4, 0.5) is 39.5 Å². The summed E-state index contributed by atoms with van der Waals surface area (Å²) in [7, 11) is -10.5. The molecule has 350 valence electrons. The van der Waals surface area contributed by atoms with Crippen molar-refractivity contribution in [3.8, 4) is 0 Å². The smallest absolute Gasteiger partial charge is 0.389 e. The zero-order chi connectivity index (χ0) is 45.5. The molecule has 0 radical (unpaired) electrons. The fraction of sp³-hybridized carbons (Fsp3) is 1.00. The van der Waals surface area contributed by atoms with E-state index in [1.807, 2.05) is 0 Å². The molecule has 0 aliphatic heterocycles. The number of quaternary nitrogens is 2. The number of hydrogen-bond donors (Lipinski definition) is 0. The molecule has 1 atom stereocenters. The predicted octanol–water partition coefficient (Wildman–Crippen LogP) is 11.9. The summed E-state index contributed by atoms with van der Waals surface area (Å²) in [5, 5.41) is -4.26. The van der Waals surface area contributed by atoms with Gasteiger partial charge in [-0.15, -0.1) is 0 Å². The lowest BCUT2D eigenvalue weighted by Crippen LogP contribution is -2.47. The molecule has 57 heavy (non-hydrogen) atoms. The van der Waals surface area contributed by atoms with E-state index in [0.717, 1.165) is 25.7 Å². The van der Waals surface area contributed by atoms with Crippen molar-refractivity contribution in [1.82, 2.24) is 0 Å². The van der Waals surface area contributed by atoms with Gasteiger partial charge >= 0.3 is 17.6 Å². The van der Waals surface area contributed by atoms with Crippen molar-refractivity contribution in [2.24, 2.45) is 0 Å². The van der Waals surface area contributed by atoms with Gasteiger partial charge in [-0.1, -0.05) is 64.2 Å². The molecule has 0 aromatic heterocycles. The molecule has 1 unspecified atom stereocenters. The maximum atomic E-state index is 12.7. The van der Waals surface area contributed by atoms with E-state index in [1.54, 1.807) is 0 Å². The van der Waals surface area contributed by atoms with Crippen molar-refractivity contribution < 1.29 is 74.4 Å². The molecule has 0 heterocycles. The molecule has 0 fully saturated rings. The molecular weight excluding hydrogens is 816 g/mol. The Morgan fingerprint density at radius 1 is 0.421 bits per heavy atom. The first-order valence-electron chi connectivity index (χ1n) is 20.8. The van der Waals surface area contributed by atoms with Gasteiger partial charge in [-0.3, -0.25) is 0 Å². The minimum atomic E-state index is -5.63. The Bertz CT molecular complexity index is 1100. The Balaban J connectivity index is -0.000000350. The summed E-state index contributed by atoms with van der Waals surface area (Å²) < 4.78 is 173. The van der Waals surface area contributed by atoms with Gasteiger partial charge in [0.25, 0.3) is 0 Å². The van der Waals surface area contributed by atoms with Gasteiger partial charge < -0.3 is 18.1 Å². The SMILES string of the molecule is CC[N+](CC)(CC)CC.CC[N+](CC)(CC)CC.O=S(=O)([O-])C(F)(F)CCCCCCCCC(F)(F)F.O=S(=O)([O-])C(F)CCCCCCCCCCC(F)(F)F. The summed E-state index contributed by atoms with van der Waals surface area (Å²) in [5.74, 6) is 0. The lowest BCUT2D eigenvalue weighted by Gasteiger charge is -2.34. The summed E-state index contributed by atoms with van der Waals surface area (Å²) in [5.41, 5.74) is -2.33. The van der Waals surface area contributed by atoms with Crippen LogP contribution in [-0.4, -0.2) is 110 Å². The largest absolute Gasteiger partial charge is 0.746 e. The van der Waals surface area contributed by atoms with Crippen LogP contribution in [0.3, 0.4) is 0 Å². The summed E-state index contributed by atoms with van der Waals surface area (Å²) >= 11 is 0. The van der Waals surface area contributed by atoms with E-state index < -0.39 is 62.6 Å². The normalized spacial score (nSPS) is 13.5. The van der Waals surface area contributed by atoms with Crippen LogP contribution in [0.25, 0.3) is 0 Å². The van der Waals surface area contributed by atoms with E-state index in [9.17, 15) is 65.5 Å². The molecule has 0 amide bonds. The molecule has 0 bridgehead atoms. The fourth-order valence-electron chi connectivity index (χ4n) is 6.01. The van der Waals surface area contributed by atoms with Crippen molar-refractivity contribution in [2.75, 3.05) is 52.4 Å². The van der Waals surface area contributed by atoms with E-state index in [-0.39, 0.29) is 32.1 Å². The van der Waals surface area contributed by atoms with Crippen LogP contribution in [0.1, 0.15) is 171 Å². The van der Waals surface area contributed by atoms with E-state index in [4.69, 9.17) is 0 Å². The van der Waals surface area contributed by atoms with E-state index in [0.29, 0.717) is 38.5 Å². The zero-order valence-corrected chi connectivity index (χ0v) is 37.7. The third-order valence-corrected chi connectivity index (χ3v) is 12.7. The second-order valence-corrected chi connectivity index (χ2v) is 17.4. The number of halogens is 9. The predicted molar refractivity (Wildman–Crippen MR) is 209 cm³/mol. The first-order valence-corrected chi connectivity index (χ1v) is 23.7. The highest BCUT2D eigenvalue weighted by Gasteiger charge is 2.36. The van der Waals surface area contributed by atoms with Crippen molar-refractivity contribution in [3.63, 3.8) is 0 Å². The number of hydrogen-bond acceptors (Lipinski definition) is 6. The topological polar surface area (TPSA) is 114 Å². The highest BCUT2D eigenvalue weighted by Crippen LogP contribution is 2.28. The van der Waals surface area contributed by atoms with Crippen molar-refractivity contribution in [3.05, 3.63) is 0 Å². The second kappa shape index (κ2) is 32.8. The molecule has 0 aromatic carbocycles. The summed E-state index contributed by atoms with van der Waals surface area (Å²) in [6, 6.07) is 0. The van der Waals surface area contributed by atoms with Gasteiger partial charge in [-0.25, -0.2) is 21.2 Å². The molecule has 0 aromatic rings. The van der Waals surface area contributed by atoms with E-state index in [2.05, 4.69) is 55.4 Å². The molecule has 0 spiro atoms. The molecular formula is C38H77F9N2O6S2. The standard InChI is InChI=1S/C12H22F4O3S.C10H17F5O3S.2C8H20N/c13-11(20(17,18)19)9-7-5-3-1-2-4-6-8-10-12(14,15)16;11-9(12,13)7-5-3-1-2-4-6-8-10(14,15)19(16,17)18;2*1-5-9(6-2,7-3)8-4/h11H,1-10H2,(H,17,18,19);1-8H2,(H,16,17,18);2*5-8H2,1-4H3/q;;2*+1/p-2. The fourth-order valence-corrected chi connectivity index (χ4v) is 6.86. The van der Waals surface area contributed by atoms with Crippen LogP contribution in [0.15, 0.2) is 0 Å². The zero-order valence-electron chi connectivity index (χ0n) is 36.0. The van der Waals surface area contributed by atoms with Crippen LogP contribution in [0, 0.1) is 0 Å². The van der Waals surface area contributed by atoms with Gasteiger partial charge in [-0.05, 0) is 87.5 Å². The van der Waals surface area contributed by atoms with Gasteiger partial charge in [0.15, 0.2) is 15.6 Å².